The number of aliphatic hydroxyl groups is 1. The lowest BCUT2D eigenvalue weighted by molar-refractivity contribution is 0.0207. The van der Waals surface area contributed by atoms with Gasteiger partial charge in [0.25, 0.3) is 0 Å². The molecular formula is C14H29NO2. The predicted octanol–water partition coefficient (Wildman–Crippen LogP) is 2.28. The molecule has 0 aliphatic carbocycles. The standard InChI is InChI=1S/C14H29NO2/c1-4-6-14(16)13(5-2)15(3)11-12-7-9-17-10-8-12/h12-14,16H,4-11H2,1-3H3. The van der Waals surface area contributed by atoms with Gasteiger partial charge in [0.15, 0.2) is 0 Å². The topological polar surface area (TPSA) is 32.7 Å². The molecule has 1 aliphatic rings. The Balaban J connectivity index is 2.38. The summed E-state index contributed by atoms with van der Waals surface area (Å²) >= 11 is 0. The Kier molecular flexibility index (Phi) is 7.09. The fourth-order valence-electron chi connectivity index (χ4n) is 2.84. The van der Waals surface area contributed by atoms with Crippen LogP contribution in [0.5, 0.6) is 0 Å². The summed E-state index contributed by atoms with van der Waals surface area (Å²) in [6.07, 6.45) is 5.17. The van der Waals surface area contributed by atoms with Crippen molar-refractivity contribution >= 4 is 0 Å². The molecule has 0 aromatic rings. The van der Waals surface area contributed by atoms with Crippen LogP contribution in [0.25, 0.3) is 0 Å². The van der Waals surface area contributed by atoms with Crippen molar-refractivity contribution in [1.82, 2.24) is 4.90 Å². The quantitative estimate of drug-likeness (QED) is 0.744. The number of hydrogen-bond acceptors (Lipinski definition) is 3. The zero-order chi connectivity index (χ0) is 12.7. The fourth-order valence-corrected chi connectivity index (χ4v) is 2.84. The van der Waals surface area contributed by atoms with Gasteiger partial charge in [-0.25, -0.2) is 0 Å². The number of aliphatic hydroxyl groups excluding tert-OH is 1. The Morgan fingerprint density at radius 3 is 2.47 bits per heavy atom. The maximum absolute atomic E-state index is 10.1. The third-order valence-corrected chi connectivity index (χ3v) is 3.90. The average molecular weight is 243 g/mol. The van der Waals surface area contributed by atoms with Gasteiger partial charge in [0.1, 0.15) is 0 Å². The second-order valence-electron chi connectivity index (χ2n) is 5.33. The van der Waals surface area contributed by atoms with Crippen LogP contribution in [0.4, 0.5) is 0 Å². The summed E-state index contributed by atoms with van der Waals surface area (Å²) in [5.41, 5.74) is 0. The molecule has 3 heteroatoms. The van der Waals surface area contributed by atoms with Crippen LogP contribution in [0.3, 0.4) is 0 Å². The molecule has 2 atom stereocenters. The van der Waals surface area contributed by atoms with Crippen LogP contribution < -0.4 is 0 Å². The van der Waals surface area contributed by atoms with Gasteiger partial charge in [-0.15, -0.1) is 0 Å². The number of hydrogen-bond donors (Lipinski definition) is 1. The van der Waals surface area contributed by atoms with E-state index in [4.69, 9.17) is 4.74 Å². The summed E-state index contributed by atoms with van der Waals surface area (Å²) in [5.74, 6) is 0.747. The highest BCUT2D eigenvalue weighted by Gasteiger charge is 2.24. The van der Waals surface area contributed by atoms with Gasteiger partial charge in [-0.1, -0.05) is 20.3 Å². The summed E-state index contributed by atoms with van der Waals surface area (Å²) in [6, 6.07) is 0.317. The minimum absolute atomic E-state index is 0.171. The SMILES string of the molecule is CCCC(O)C(CC)N(C)CC1CCOCC1. The molecule has 1 heterocycles. The Bertz CT molecular complexity index is 193. The van der Waals surface area contributed by atoms with Crippen molar-refractivity contribution in [2.45, 2.75) is 58.1 Å². The summed E-state index contributed by atoms with van der Waals surface area (Å²) < 4.78 is 5.39. The summed E-state index contributed by atoms with van der Waals surface area (Å²) in [4.78, 5) is 2.36. The zero-order valence-electron chi connectivity index (χ0n) is 11.7. The lowest BCUT2D eigenvalue weighted by Crippen LogP contribution is -2.43. The molecule has 2 unspecified atom stereocenters. The maximum Gasteiger partial charge on any atom is 0.0695 e. The first kappa shape index (κ1) is 14.9. The van der Waals surface area contributed by atoms with E-state index in [1.54, 1.807) is 0 Å². The van der Waals surface area contributed by atoms with E-state index >= 15 is 0 Å². The van der Waals surface area contributed by atoms with Gasteiger partial charge in [-0.3, -0.25) is 0 Å². The molecule has 1 rings (SSSR count). The first-order valence-electron chi connectivity index (χ1n) is 7.15. The van der Waals surface area contributed by atoms with Crippen molar-refractivity contribution in [2.24, 2.45) is 5.92 Å². The molecule has 0 spiro atoms. The Labute approximate surface area is 106 Å². The molecular weight excluding hydrogens is 214 g/mol. The monoisotopic (exact) mass is 243 g/mol. The second-order valence-corrected chi connectivity index (χ2v) is 5.33. The predicted molar refractivity (Wildman–Crippen MR) is 71.2 cm³/mol. The average Bonchev–Trinajstić information content (AvgIpc) is 2.31. The van der Waals surface area contributed by atoms with Crippen molar-refractivity contribution in [1.29, 1.82) is 0 Å². The number of likely N-dealkylation sites (N-methyl/N-ethyl adjacent to an activating group) is 1. The Morgan fingerprint density at radius 1 is 1.29 bits per heavy atom. The van der Waals surface area contributed by atoms with E-state index < -0.39 is 0 Å². The third-order valence-electron chi connectivity index (χ3n) is 3.90. The van der Waals surface area contributed by atoms with E-state index in [1.807, 2.05) is 0 Å². The highest BCUT2D eigenvalue weighted by Crippen LogP contribution is 2.19. The van der Waals surface area contributed by atoms with Gasteiger partial charge >= 0.3 is 0 Å². The van der Waals surface area contributed by atoms with Crippen molar-refractivity contribution in [2.75, 3.05) is 26.8 Å². The molecule has 1 aliphatic heterocycles. The maximum atomic E-state index is 10.1. The van der Waals surface area contributed by atoms with Crippen LogP contribution in [0.1, 0.15) is 46.0 Å². The van der Waals surface area contributed by atoms with Crippen LogP contribution in [0, 0.1) is 5.92 Å². The van der Waals surface area contributed by atoms with Crippen LogP contribution in [-0.4, -0.2) is 49.0 Å². The Morgan fingerprint density at radius 2 is 1.94 bits per heavy atom. The molecule has 1 N–H and O–H groups in total. The second kappa shape index (κ2) is 8.06. The highest BCUT2D eigenvalue weighted by atomic mass is 16.5. The molecule has 0 bridgehead atoms. The molecule has 102 valence electrons. The van der Waals surface area contributed by atoms with Crippen molar-refractivity contribution in [3.8, 4) is 0 Å². The van der Waals surface area contributed by atoms with Crippen LogP contribution in [-0.2, 0) is 4.74 Å². The van der Waals surface area contributed by atoms with Crippen molar-refractivity contribution < 1.29 is 9.84 Å². The summed E-state index contributed by atoms with van der Waals surface area (Å²) in [6.45, 7) is 7.22. The zero-order valence-corrected chi connectivity index (χ0v) is 11.7. The molecule has 0 amide bonds. The van der Waals surface area contributed by atoms with Gasteiger partial charge in [-0.2, -0.15) is 0 Å². The smallest absolute Gasteiger partial charge is 0.0695 e. The largest absolute Gasteiger partial charge is 0.391 e. The van der Waals surface area contributed by atoms with Crippen LogP contribution in [0.2, 0.25) is 0 Å². The first-order chi connectivity index (χ1) is 8.19. The van der Waals surface area contributed by atoms with Gasteiger partial charge in [0.2, 0.25) is 0 Å². The van der Waals surface area contributed by atoms with E-state index in [-0.39, 0.29) is 6.10 Å². The van der Waals surface area contributed by atoms with E-state index in [2.05, 4.69) is 25.8 Å². The van der Waals surface area contributed by atoms with E-state index in [0.717, 1.165) is 44.9 Å². The number of rotatable bonds is 7. The molecule has 0 radical (unpaired) electrons. The molecule has 17 heavy (non-hydrogen) atoms. The van der Waals surface area contributed by atoms with Crippen LogP contribution >= 0.6 is 0 Å². The number of ether oxygens (including phenoxy) is 1. The van der Waals surface area contributed by atoms with Gasteiger partial charge in [-0.05, 0) is 38.6 Å². The molecule has 0 aromatic heterocycles. The van der Waals surface area contributed by atoms with Crippen molar-refractivity contribution in [3.63, 3.8) is 0 Å². The molecule has 0 saturated carbocycles. The van der Waals surface area contributed by atoms with Crippen LogP contribution in [0.15, 0.2) is 0 Å². The lowest BCUT2D eigenvalue weighted by Gasteiger charge is -2.34. The van der Waals surface area contributed by atoms with E-state index in [9.17, 15) is 5.11 Å². The van der Waals surface area contributed by atoms with Crippen molar-refractivity contribution in [3.05, 3.63) is 0 Å². The Hall–Kier alpha value is -0.120. The van der Waals surface area contributed by atoms with Gasteiger partial charge in [0.05, 0.1) is 6.10 Å². The van der Waals surface area contributed by atoms with Gasteiger partial charge in [0, 0.05) is 25.8 Å². The first-order valence-corrected chi connectivity index (χ1v) is 7.15. The summed E-state index contributed by atoms with van der Waals surface area (Å²) in [5, 5.41) is 10.1. The molecule has 1 saturated heterocycles. The molecule has 0 aromatic carbocycles. The lowest BCUT2D eigenvalue weighted by atomic mass is 9.97. The molecule has 1 fully saturated rings. The minimum atomic E-state index is -0.171. The minimum Gasteiger partial charge on any atom is -0.391 e. The van der Waals surface area contributed by atoms with E-state index in [0.29, 0.717) is 6.04 Å². The summed E-state index contributed by atoms with van der Waals surface area (Å²) in [7, 11) is 2.16. The number of nitrogens with zero attached hydrogens (tertiary/aromatic N) is 1. The fraction of sp³-hybridized carbons (Fsp3) is 1.00. The highest BCUT2D eigenvalue weighted by molar-refractivity contribution is 4.78. The van der Waals surface area contributed by atoms with E-state index in [1.165, 1.54) is 12.8 Å². The molecule has 3 nitrogen and oxygen atoms in total. The normalized spacial score (nSPS) is 21.7. The van der Waals surface area contributed by atoms with Gasteiger partial charge < -0.3 is 14.7 Å². The third kappa shape index (κ3) is 4.94.